The van der Waals surface area contributed by atoms with Gasteiger partial charge in [-0.1, -0.05) is 0 Å². The van der Waals surface area contributed by atoms with Crippen molar-refractivity contribution in [2.75, 3.05) is 0 Å². The van der Waals surface area contributed by atoms with Crippen molar-refractivity contribution in [2.24, 2.45) is 7.05 Å². The standard InChI is InChI=1S/C14H21N3O2/c1-8-13(9(2)16(3)15-8)14(19)17-10-4-5-11(17)7-12(18)6-10/h10-12,18H,4-7H2,1-3H3. The number of hydrogen-bond acceptors (Lipinski definition) is 3. The Morgan fingerprint density at radius 1 is 1.26 bits per heavy atom. The van der Waals surface area contributed by atoms with E-state index in [0.29, 0.717) is 0 Å². The van der Waals surface area contributed by atoms with Gasteiger partial charge in [0.25, 0.3) is 5.91 Å². The van der Waals surface area contributed by atoms with Crippen LogP contribution in [0.5, 0.6) is 0 Å². The minimum Gasteiger partial charge on any atom is -0.393 e. The molecular formula is C14H21N3O2. The minimum absolute atomic E-state index is 0.0995. The molecule has 0 saturated carbocycles. The summed E-state index contributed by atoms with van der Waals surface area (Å²) < 4.78 is 1.77. The number of amides is 1. The van der Waals surface area contributed by atoms with Gasteiger partial charge in [0.15, 0.2) is 0 Å². The van der Waals surface area contributed by atoms with Gasteiger partial charge in [0.05, 0.1) is 17.4 Å². The molecule has 104 valence electrons. The molecule has 2 aliphatic heterocycles. The second-order valence-electron chi connectivity index (χ2n) is 5.89. The Hall–Kier alpha value is -1.36. The minimum atomic E-state index is -0.238. The quantitative estimate of drug-likeness (QED) is 0.827. The van der Waals surface area contributed by atoms with E-state index >= 15 is 0 Å². The van der Waals surface area contributed by atoms with Crippen LogP contribution in [0.2, 0.25) is 0 Å². The lowest BCUT2D eigenvalue weighted by Crippen LogP contribution is -2.48. The van der Waals surface area contributed by atoms with E-state index in [4.69, 9.17) is 0 Å². The van der Waals surface area contributed by atoms with Crippen LogP contribution in [-0.4, -0.2) is 43.9 Å². The maximum Gasteiger partial charge on any atom is 0.258 e. The molecule has 1 amide bonds. The zero-order chi connectivity index (χ0) is 13.7. The van der Waals surface area contributed by atoms with Gasteiger partial charge in [-0.15, -0.1) is 0 Å². The molecule has 2 fully saturated rings. The monoisotopic (exact) mass is 263 g/mol. The summed E-state index contributed by atoms with van der Waals surface area (Å²) in [6.07, 6.45) is 3.25. The van der Waals surface area contributed by atoms with Crippen molar-refractivity contribution in [1.82, 2.24) is 14.7 Å². The molecule has 3 heterocycles. The fourth-order valence-corrected chi connectivity index (χ4v) is 3.69. The molecule has 0 aliphatic carbocycles. The number of fused-ring (bicyclic) bond motifs is 2. The van der Waals surface area contributed by atoms with Crippen LogP contribution in [0.4, 0.5) is 0 Å². The third kappa shape index (κ3) is 1.87. The lowest BCUT2D eigenvalue weighted by Gasteiger charge is -2.37. The molecule has 2 bridgehead atoms. The SMILES string of the molecule is Cc1nn(C)c(C)c1C(=O)N1C2CCC1CC(O)C2. The van der Waals surface area contributed by atoms with Crippen LogP contribution in [0, 0.1) is 13.8 Å². The fraction of sp³-hybridized carbons (Fsp3) is 0.714. The van der Waals surface area contributed by atoms with E-state index in [1.165, 1.54) is 0 Å². The molecule has 0 radical (unpaired) electrons. The Balaban J connectivity index is 1.93. The second-order valence-corrected chi connectivity index (χ2v) is 5.89. The Morgan fingerprint density at radius 2 is 1.84 bits per heavy atom. The van der Waals surface area contributed by atoms with Gasteiger partial charge in [0.2, 0.25) is 0 Å². The zero-order valence-corrected chi connectivity index (χ0v) is 11.8. The summed E-state index contributed by atoms with van der Waals surface area (Å²) in [5, 5.41) is 14.2. The molecule has 5 heteroatoms. The number of aliphatic hydroxyl groups excluding tert-OH is 1. The van der Waals surface area contributed by atoms with Gasteiger partial charge in [-0.05, 0) is 39.5 Å². The van der Waals surface area contributed by atoms with E-state index in [0.717, 1.165) is 42.6 Å². The molecular weight excluding hydrogens is 242 g/mol. The number of aromatic nitrogens is 2. The molecule has 2 aliphatic rings. The van der Waals surface area contributed by atoms with Crippen molar-refractivity contribution in [2.45, 2.75) is 57.7 Å². The molecule has 2 saturated heterocycles. The predicted molar refractivity (Wildman–Crippen MR) is 70.9 cm³/mol. The molecule has 5 nitrogen and oxygen atoms in total. The van der Waals surface area contributed by atoms with Gasteiger partial charge in [-0.2, -0.15) is 5.10 Å². The van der Waals surface area contributed by atoms with Gasteiger partial charge in [0.1, 0.15) is 0 Å². The average Bonchev–Trinajstić information content (AvgIpc) is 2.74. The molecule has 2 unspecified atom stereocenters. The Bertz CT molecular complexity index is 509. The fourth-order valence-electron chi connectivity index (χ4n) is 3.69. The summed E-state index contributed by atoms with van der Waals surface area (Å²) in [6.45, 7) is 3.83. The highest BCUT2D eigenvalue weighted by Crippen LogP contribution is 2.37. The molecule has 19 heavy (non-hydrogen) atoms. The number of aryl methyl sites for hydroxylation is 2. The first kappa shape index (κ1) is 12.7. The number of nitrogens with zero attached hydrogens (tertiary/aromatic N) is 3. The van der Waals surface area contributed by atoms with Crippen LogP contribution in [-0.2, 0) is 7.05 Å². The van der Waals surface area contributed by atoms with Crippen LogP contribution in [0.15, 0.2) is 0 Å². The van der Waals surface area contributed by atoms with Crippen molar-refractivity contribution < 1.29 is 9.90 Å². The van der Waals surface area contributed by atoms with Gasteiger partial charge in [0, 0.05) is 24.8 Å². The molecule has 0 spiro atoms. The van der Waals surface area contributed by atoms with Crippen molar-refractivity contribution >= 4 is 5.91 Å². The van der Waals surface area contributed by atoms with Gasteiger partial charge in [-0.25, -0.2) is 0 Å². The number of piperidine rings is 1. The summed E-state index contributed by atoms with van der Waals surface area (Å²) in [5.41, 5.74) is 2.47. The topological polar surface area (TPSA) is 58.4 Å². The van der Waals surface area contributed by atoms with E-state index in [1.807, 2.05) is 25.8 Å². The summed E-state index contributed by atoms with van der Waals surface area (Å²) in [6, 6.07) is 0.417. The van der Waals surface area contributed by atoms with Gasteiger partial charge in [-0.3, -0.25) is 9.48 Å². The normalized spacial score (nSPS) is 29.9. The number of rotatable bonds is 1. The van der Waals surface area contributed by atoms with Crippen LogP contribution in [0.3, 0.4) is 0 Å². The number of carbonyl (C=O) groups excluding carboxylic acids is 1. The van der Waals surface area contributed by atoms with Crippen molar-refractivity contribution in [3.05, 3.63) is 17.0 Å². The van der Waals surface area contributed by atoms with E-state index in [-0.39, 0.29) is 24.1 Å². The molecule has 1 aromatic rings. The second kappa shape index (κ2) is 4.34. The van der Waals surface area contributed by atoms with E-state index in [1.54, 1.807) is 4.68 Å². The molecule has 0 aromatic carbocycles. The number of aliphatic hydroxyl groups is 1. The van der Waals surface area contributed by atoms with Crippen LogP contribution < -0.4 is 0 Å². The first-order chi connectivity index (χ1) is 8.99. The average molecular weight is 263 g/mol. The smallest absolute Gasteiger partial charge is 0.258 e. The lowest BCUT2D eigenvalue weighted by atomic mass is 9.98. The predicted octanol–water partition coefficient (Wildman–Crippen LogP) is 1.16. The highest BCUT2D eigenvalue weighted by atomic mass is 16.3. The summed E-state index contributed by atoms with van der Waals surface area (Å²) in [4.78, 5) is 14.8. The van der Waals surface area contributed by atoms with Crippen LogP contribution in [0.1, 0.15) is 47.4 Å². The molecule has 3 rings (SSSR count). The third-order valence-corrected chi connectivity index (χ3v) is 4.67. The lowest BCUT2D eigenvalue weighted by molar-refractivity contribution is 0.0286. The van der Waals surface area contributed by atoms with Gasteiger partial charge >= 0.3 is 0 Å². The summed E-state index contributed by atoms with van der Waals surface area (Å²) in [7, 11) is 1.87. The van der Waals surface area contributed by atoms with Gasteiger partial charge < -0.3 is 10.0 Å². The zero-order valence-electron chi connectivity index (χ0n) is 11.8. The van der Waals surface area contributed by atoms with E-state index in [9.17, 15) is 9.90 Å². The molecule has 1 N–H and O–H groups in total. The van der Waals surface area contributed by atoms with Crippen LogP contribution in [0.25, 0.3) is 0 Å². The Kier molecular flexibility index (Phi) is 2.89. The first-order valence-corrected chi connectivity index (χ1v) is 7.00. The Morgan fingerprint density at radius 3 is 2.32 bits per heavy atom. The number of carbonyl (C=O) groups is 1. The molecule has 2 atom stereocenters. The highest BCUT2D eigenvalue weighted by Gasteiger charge is 2.43. The summed E-state index contributed by atoms with van der Waals surface area (Å²) >= 11 is 0. The van der Waals surface area contributed by atoms with Crippen molar-refractivity contribution in [3.63, 3.8) is 0 Å². The third-order valence-electron chi connectivity index (χ3n) is 4.67. The first-order valence-electron chi connectivity index (χ1n) is 7.00. The van der Waals surface area contributed by atoms with Crippen molar-refractivity contribution in [3.8, 4) is 0 Å². The van der Waals surface area contributed by atoms with E-state index < -0.39 is 0 Å². The van der Waals surface area contributed by atoms with Crippen molar-refractivity contribution in [1.29, 1.82) is 0 Å². The number of hydrogen-bond donors (Lipinski definition) is 1. The van der Waals surface area contributed by atoms with Crippen LogP contribution >= 0.6 is 0 Å². The maximum absolute atomic E-state index is 12.8. The Labute approximate surface area is 113 Å². The highest BCUT2D eigenvalue weighted by molar-refractivity contribution is 5.97. The maximum atomic E-state index is 12.8. The largest absolute Gasteiger partial charge is 0.393 e. The van der Waals surface area contributed by atoms with E-state index in [2.05, 4.69) is 5.10 Å². The summed E-state index contributed by atoms with van der Waals surface area (Å²) in [5.74, 6) is 0.0995. The molecule has 1 aromatic heterocycles.